The van der Waals surface area contributed by atoms with Crippen LogP contribution in [0.3, 0.4) is 0 Å². The summed E-state index contributed by atoms with van der Waals surface area (Å²) in [6.07, 6.45) is 1.14. The summed E-state index contributed by atoms with van der Waals surface area (Å²) in [6, 6.07) is 2.26. The Labute approximate surface area is 198 Å². The van der Waals surface area contributed by atoms with Crippen LogP contribution in [0.4, 0.5) is 32.0 Å². The molecule has 35 heavy (non-hydrogen) atoms. The van der Waals surface area contributed by atoms with Gasteiger partial charge in [0.1, 0.15) is 0 Å². The van der Waals surface area contributed by atoms with Crippen LogP contribution in [0.2, 0.25) is 0 Å². The molecule has 1 saturated carbocycles. The number of benzene rings is 1. The van der Waals surface area contributed by atoms with Gasteiger partial charge in [-0.3, -0.25) is 0 Å². The highest BCUT2D eigenvalue weighted by Gasteiger charge is 2.52. The molecule has 1 aromatic carbocycles. The quantitative estimate of drug-likeness (QED) is 0.564. The monoisotopic (exact) mass is 526 g/mol. The molecule has 7 nitrogen and oxygen atoms in total. The molecule has 1 aromatic heterocycles. The van der Waals surface area contributed by atoms with Crippen molar-refractivity contribution >= 4 is 15.7 Å². The number of fused-ring (bicyclic) bond motifs is 1. The van der Waals surface area contributed by atoms with Crippen molar-refractivity contribution in [1.82, 2.24) is 14.3 Å². The number of nitrogens with one attached hydrogen (secondary N) is 1. The molecule has 194 valence electrons. The van der Waals surface area contributed by atoms with E-state index < -0.39 is 52.0 Å². The SMILES string of the molecule is O=S(=O)(N1Cc2c(cccc2C(F)(F)F)N(Cc2cnc[nH]2)C(COC2CCCC2)C1)C(F)(F)F. The Morgan fingerprint density at radius 3 is 2.43 bits per heavy atom. The molecule has 0 radical (unpaired) electrons. The second kappa shape index (κ2) is 9.62. The largest absolute Gasteiger partial charge is 0.511 e. The van der Waals surface area contributed by atoms with E-state index in [9.17, 15) is 34.8 Å². The third-order valence-corrected chi connectivity index (χ3v) is 7.85. The van der Waals surface area contributed by atoms with Crippen molar-refractivity contribution in [2.75, 3.05) is 18.1 Å². The van der Waals surface area contributed by atoms with Gasteiger partial charge in [0, 0.05) is 30.5 Å². The molecule has 2 aliphatic rings. The highest BCUT2D eigenvalue weighted by Crippen LogP contribution is 2.41. The van der Waals surface area contributed by atoms with Crippen LogP contribution in [0.25, 0.3) is 0 Å². The van der Waals surface area contributed by atoms with Crippen LogP contribution in [-0.2, 0) is 34.0 Å². The van der Waals surface area contributed by atoms with Crippen LogP contribution >= 0.6 is 0 Å². The first-order chi connectivity index (χ1) is 16.4. The molecule has 1 aliphatic carbocycles. The summed E-state index contributed by atoms with van der Waals surface area (Å²) >= 11 is 0. The smallest absolute Gasteiger partial charge is 0.376 e. The van der Waals surface area contributed by atoms with E-state index in [1.807, 2.05) is 0 Å². The Balaban J connectivity index is 1.82. The summed E-state index contributed by atoms with van der Waals surface area (Å²) in [6.45, 7) is -1.97. The number of H-pyrrole nitrogens is 1. The van der Waals surface area contributed by atoms with Gasteiger partial charge in [-0.2, -0.15) is 30.6 Å². The molecule has 0 bridgehead atoms. The molecule has 0 saturated heterocycles. The summed E-state index contributed by atoms with van der Waals surface area (Å²) in [4.78, 5) is 8.20. The lowest BCUT2D eigenvalue weighted by atomic mass is 10.0. The number of rotatable bonds is 6. The second-order valence-corrected chi connectivity index (χ2v) is 10.6. The van der Waals surface area contributed by atoms with E-state index in [4.69, 9.17) is 4.74 Å². The maximum atomic E-state index is 13.9. The van der Waals surface area contributed by atoms with Crippen LogP contribution in [0.1, 0.15) is 42.5 Å². The van der Waals surface area contributed by atoms with Gasteiger partial charge in [-0.1, -0.05) is 18.9 Å². The van der Waals surface area contributed by atoms with Gasteiger partial charge in [-0.05, 0) is 25.0 Å². The number of aromatic nitrogens is 2. The summed E-state index contributed by atoms with van der Waals surface area (Å²) in [5.41, 5.74) is -6.92. The molecule has 4 rings (SSSR count). The molecule has 2 heterocycles. The first kappa shape index (κ1) is 25.8. The molecule has 1 fully saturated rings. The first-order valence-corrected chi connectivity index (χ1v) is 12.4. The number of aromatic amines is 1. The Hall–Kier alpha value is -2.32. The predicted octanol–water partition coefficient (Wildman–Crippen LogP) is 4.43. The maximum absolute atomic E-state index is 13.9. The average Bonchev–Trinajstić information content (AvgIpc) is 3.44. The predicted molar refractivity (Wildman–Crippen MR) is 114 cm³/mol. The van der Waals surface area contributed by atoms with Gasteiger partial charge in [0.15, 0.2) is 0 Å². The van der Waals surface area contributed by atoms with Gasteiger partial charge < -0.3 is 14.6 Å². The molecule has 0 amide bonds. The van der Waals surface area contributed by atoms with Crippen molar-refractivity contribution in [1.29, 1.82) is 0 Å². The number of alkyl halides is 6. The summed E-state index contributed by atoms with van der Waals surface area (Å²) < 4.78 is 113. The first-order valence-electron chi connectivity index (χ1n) is 11.0. The van der Waals surface area contributed by atoms with E-state index in [2.05, 4.69) is 9.97 Å². The van der Waals surface area contributed by atoms with E-state index >= 15 is 0 Å². The Kier molecular flexibility index (Phi) is 7.08. The van der Waals surface area contributed by atoms with Crippen LogP contribution in [0.5, 0.6) is 0 Å². The molecule has 14 heteroatoms. The van der Waals surface area contributed by atoms with Crippen molar-refractivity contribution in [3.8, 4) is 0 Å². The average molecular weight is 527 g/mol. The van der Waals surface area contributed by atoms with Crippen molar-refractivity contribution in [3.05, 3.63) is 47.5 Å². The Morgan fingerprint density at radius 1 is 1.11 bits per heavy atom. The molecule has 1 N–H and O–H groups in total. The van der Waals surface area contributed by atoms with Crippen molar-refractivity contribution in [3.63, 3.8) is 0 Å². The number of hydrogen-bond donors (Lipinski definition) is 1. The summed E-state index contributed by atoms with van der Waals surface area (Å²) in [7, 11) is -5.92. The molecule has 1 aliphatic heterocycles. The summed E-state index contributed by atoms with van der Waals surface area (Å²) in [5, 5.41) is 0. The third kappa shape index (κ3) is 5.43. The van der Waals surface area contributed by atoms with Gasteiger partial charge >= 0.3 is 21.7 Å². The molecule has 1 atom stereocenters. The van der Waals surface area contributed by atoms with Crippen molar-refractivity contribution < 1.29 is 39.5 Å². The Bertz CT molecular complexity index is 1120. The third-order valence-electron chi connectivity index (χ3n) is 6.31. The van der Waals surface area contributed by atoms with E-state index in [1.165, 1.54) is 23.5 Å². The number of nitrogens with zero attached hydrogens (tertiary/aromatic N) is 3. The minimum atomic E-state index is -5.92. The van der Waals surface area contributed by atoms with Gasteiger partial charge in [-0.25, -0.2) is 13.4 Å². The zero-order valence-electron chi connectivity index (χ0n) is 18.4. The van der Waals surface area contributed by atoms with E-state index in [1.54, 1.807) is 0 Å². The lowest BCUT2D eigenvalue weighted by molar-refractivity contribution is -0.138. The number of anilines is 1. The van der Waals surface area contributed by atoms with Crippen molar-refractivity contribution in [2.24, 2.45) is 0 Å². The number of ether oxygens (including phenoxy) is 1. The van der Waals surface area contributed by atoms with Gasteiger partial charge in [0.2, 0.25) is 0 Å². The van der Waals surface area contributed by atoms with Crippen molar-refractivity contribution in [2.45, 2.75) is 62.6 Å². The van der Waals surface area contributed by atoms with Crippen LogP contribution in [0, 0.1) is 0 Å². The van der Waals surface area contributed by atoms with Gasteiger partial charge in [0.05, 0.1) is 42.9 Å². The lowest BCUT2D eigenvalue weighted by Crippen LogP contribution is -2.49. The van der Waals surface area contributed by atoms with Gasteiger partial charge in [-0.15, -0.1) is 0 Å². The zero-order valence-corrected chi connectivity index (χ0v) is 19.3. The standard InChI is InChI=1S/C21H24F6N4O3S/c22-20(23,24)18-6-3-7-19-17(18)11-30(35(32,33)21(25,26)27)10-15(12-34-16-4-1-2-5-16)31(19)9-14-8-28-13-29-14/h3,6-8,13,15-16H,1-2,4-5,9-12H2,(H,28,29). The lowest BCUT2D eigenvalue weighted by Gasteiger charge is -2.34. The fourth-order valence-corrected chi connectivity index (χ4v) is 5.55. The molecule has 1 unspecified atom stereocenters. The number of sulfonamides is 1. The highest BCUT2D eigenvalue weighted by molar-refractivity contribution is 7.89. The van der Waals surface area contributed by atoms with E-state index in [0.717, 1.165) is 37.8 Å². The zero-order chi connectivity index (χ0) is 25.4. The van der Waals surface area contributed by atoms with E-state index in [-0.39, 0.29) is 29.2 Å². The fourth-order valence-electron chi connectivity index (χ4n) is 4.59. The normalized spacial score (nSPS) is 20.7. The van der Waals surface area contributed by atoms with Crippen LogP contribution < -0.4 is 4.90 Å². The number of imidazole rings is 1. The second-order valence-electron chi connectivity index (χ2n) is 8.64. The van der Waals surface area contributed by atoms with Crippen LogP contribution in [0.15, 0.2) is 30.7 Å². The fraction of sp³-hybridized carbons (Fsp3) is 0.571. The minimum Gasteiger partial charge on any atom is -0.376 e. The van der Waals surface area contributed by atoms with Gasteiger partial charge in [0.25, 0.3) is 0 Å². The number of hydrogen-bond acceptors (Lipinski definition) is 5. The van der Waals surface area contributed by atoms with E-state index in [0.29, 0.717) is 5.69 Å². The van der Waals surface area contributed by atoms with Crippen LogP contribution in [-0.4, -0.2) is 53.5 Å². The highest BCUT2D eigenvalue weighted by atomic mass is 32.2. The topological polar surface area (TPSA) is 78.5 Å². The number of halogens is 6. The maximum Gasteiger partial charge on any atom is 0.511 e. The minimum absolute atomic E-state index is 0.00526. The molecule has 2 aromatic rings. The molecular formula is C21H24F6N4O3S. The Morgan fingerprint density at radius 2 is 1.83 bits per heavy atom. The molecular weight excluding hydrogens is 502 g/mol. The summed E-state index contributed by atoms with van der Waals surface area (Å²) in [5.74, 6) is 0. The molecule has 0 spiro atoms.